The Balaban J connectivity index is 0. The van der Waals surface area contributed by atoms with E-state index < -0.39 is 0 Å². The quantitative estimate of drug-likeness (QED) is 0.130. The van der Waals surface area contributed by atoms with Crippen LogP contribution in [0.2, 0.25) is 0 Å². The minimum atomic E-state index is 0. The van der Waals surface area contributed by atoms with Gasteiger partial charge in [-0.1, -0.05) is 129 Å². The SMILES string of the molecule is CCCCCCCCCCCCSCCCCCCCCCCCC.[MgH2]. The molecule has 0 bridgehead atoms. The minimum Gasteiger partial charge on any atom is -0.162 e. The summed E-state index contributed by atoms with van der Waals surface area (Å²) in [6, 6.07) is 0. The Hall–Kier alpha value is 1.12. The number of thioether (sulfide) groups is 1. The smallest absolute Gasteiger partial charge is 0.162 e. The van der Waals surface area contributed by atoms with Crippen molar-refractivity contribution in [3.63, 3.8) is 0 Å². The molecule has 0 atom stereocenters. The summed E-state index contributed by atoms with van der Waals surface area (Å²) in [7, 11) is 0. The van der Waals surface area contributed by atoms with Gasteiger partial charge in [0.05, 0.1) is 0 Å². The lowest BCUT2D eigenvalue weighted by Crippen LogP contribution is -1.87. The van der Waals surface area contributed by atoms with Gasteiger partial charge in [-0.3, -0.25) is 0 Å². The van der Waals surface area contributed by atoms with Crippen LogP contribution < -0.4 is 0 Å². The van der Waals surface area contributed by atoms with Crippen molar-refractivity contribution in [1.29, 1.82) is 0 Å². The van der Waals surface area contributed by atoms with Crippen molar-refractivity contribution >= 4 is 34.8 Å². The molecule has 0 heterocycles. The highest BCUT2D eigenvalue weighted by Gasteiger charge is 1.95. The molecule has 0 aliphatic rings. The number of hydrogen-bond acceptors (Lipinski definition) is 1. The van der Waals surface area contributed by atoms with Gasteiger partial charge in [0.25, 0.3) is 0 Å². The third-order valence-corrected chi connectivity index (χ3v) is 6.44. The fraction of sp³-hybridized carbons (Fsp3) is 1.00. The Morgan fingerprint density at radius 2 is 0.577 bits per heavy atom. The first-order valence-corrected chi connectivity index (χ1v) is 13.1. The Morgan fingerprint density at radius 3 is 0.846 bits per heavy atom. The topological polar surface area (TPSA) is 0 Å². The van der Waals surface area contributed by atoms with E-state index in [0.29, 0.717) is 0 Å². The zero-order chi connectivity index (χ0) is 18.3. The first-order valence-electron chi connectivity index (χ1n) is 12.0. The summed E-state index contributed by atoms with van der Waals surface area (Å²) < 4.78 is 0. The van der Waals surface area contributed by atoms with Gasteiger partial charge < -0.3 is 0 Å². The molecule has 0 aliphatic heterocycles. The number of hydrogen-bond donors (Lipinski definition) is 0. The summed E-state index contributed by atoms with van der Waals surface area (Å²) in [4.78, 5) is 0. The van der Waals surface area contributed by atoms with Crippen LogP contribution in [0.15, 0.2) is 0 Å². The molecule has 0 rings (SSSR count). The van der Waals surface area contributed by atoms with E-state index in [4.69, 9.17) is 0 Å². The molecule has 0 nitrogen and oxygen atoms in total. The van der Waals surface area contributed by atoms with Gasteiger partial charge in [0.1, 0.15) is 0 Å². The largest absolute Gasteiger partial charge is 0.316 e. The van der Waals surface area contributed by atoms with Crippen molar-refractivity contribution in [2.45, 2.75) is 142 Å². The number of unbranched alkanes of at least 4 members (excludes halogenated alkanes) is 18. The van der Waals surface area contributed by atoms with Gasteiger partial charge in [0.15, 0.2) is 0 Å². The molecule has 0 radical (unpaired) electrons. The fourth-order valence-corrected chi connectivity index (χ4v) is 4.51. The predicted molar refractivity (Wildman–Crippen MR) is 130 cm³/mol. The van der Waals surface area contributed by atoms with Gasteiger partial charge in [-0.2, -0.15) is 11.8 Å². The molecule has 0 aliphatic carbocycles. The van der Waals surface area contributed by atoms with Crippen LogP contribution in [-0.2, 0) is 0 Å². The van der Waals surface area contributed by atoms with Gasteiger partial charge in [0.2, 0.25) is 0 Å². The molecule has 156 valence electrons. The lowest BCUT2D eigenvalue weighted by atomic mass is 10.1. The van der Waals surface area contributed by atoms with Gasteiger partial charge in [-0.05, 0) is 24.3 Å². The van der Waals surface area contributed by atoms with E-state index in [1.165, 1.54) is 140 Å². The standard InChI is InChI=1S/C24H50S.Mg.2H/c1-3-5-7-9-11-13-15-17-19-21-23-25-24-22-20-18-16-14-12-10-8-6-4-2;;;/h3-24H2,1-2H3;;;. The first kappa shape index (κ1) is 29.3. The van der Waals surface area contributed by atoms with Crippen molar-refractivity contribution in [2.24, 2.45) is 0 Å². The minimum absolute atomic E-state index is 0. The van der Waals surface area contributed by atoms with Gasteiger partial charge in [-0.25, -0.2) is 0 Å². The van der Waals surface area contributed by atoms with Crippen molar-refractivity contribution in [1.82, 2.24) is 0 Å². The molecular formula is C24H52MgS. The molecule has 2 heteroatoms. The summed E-state index contributed by atoms with van der Waals surface area (Å²) in [5, 5.41) is 0. The van der Waals surface area contributed by atoms with Crippen LogP contribution >= 0.6 is 11.8 Å². The first-order chi connectivity index (χ1) is 12.4. The van der Waals surface area contributed by atoms with Crippen LogP contribution in [0.3, 0.4) is 0 Å². The molecule has 0 amide bonds. The molecule has 0 N–H and O–H groups in total. The highest BCUT2D eigenvalue weighted by molar-refractivity contribution is 7.99. The maximum absolute atomic E-state index is 2.30. The molecule has 0 aromatic rings. The normalized spacial score (nSPS) is 10.8. The Bertz CT molecular complexity index is 198. The number of rotatable bonds is 22. The van der Waals surface area contributed by atoms with E-state index in [0.717, 1.165) is 0 Å². The predicted octanol–water partition coefficient (Wildman–Crippen LogP) is 8.65. The van der Waals surface area contributed by atoms with E-state index in [9.17, 15) is 0 Å². The van der Waals surface area contributed by atoms with Crippen molar-refractivity contribution in [3.8, 4) is 0 Å². The van der Waals surface area contributed by atoms with Crippen LogP contribution in [0.25, 0.3) is 0 Å². The third-order valence-electron chi connectivity index (χ3n) is 5.28. The second-order valence-corrected chi connectivity index (χ2v) is 9.20. The lowest BCUT2D eigenvalue weighted by Gasteiger charge is -2.04. The van der Waals surface area contributed by atoms with Crippen molar-refractivity contribution in [2.75, 3.05) is 11.5 Å². The summed E-state index contributed by atoms with van der Waals surface area (Å²) in [6.07, 6.45) is 29.2. The Labute approximate surface area is 188 Å². The average Bonchev–Trinajstić information content (AvgIpc) is 2.63. The Morgan fingerprint density at radius 1 is 0.346 bits per heavy atom. The second-order valence-electron chi connectivity index (χ2n) is 7.98. The molecule has 0 aromatic carbocycles. The zero-order valence-corrected chi connectivity index (χ0v) is 18.8. The summed E-state index contributed by atoms with van der Waals surface area (Å²) in [6.45, 7) is 4.60. The Kier molecular flexibility index (Phi) is 31.9. The zero-order valence-electron chi connectivity index (χ0n) is 18.0. The molecule has 0 fully saturated rings. The van der Waals surface area contributed by atoms with Gasteiger partial charge in [0, 0.05) is 0 Å². The van der Waals surface area contributed by atoms with Crippen LogP contribution in [-0.4, -0.2) is 34.6 Å². The summed E-state index contributed by atoms with van der Waals surface area (Å²) in [5.74, 6) is 2.82. The molecule has 0 unspecified atom stereocenters. The maximum Gasteiger partial charge on any atom is 0.316 e. The monoisotopic (exact) mass is 396 g/mol. The van der Waals surface area contributed by atoms with Gasteiger partial charge in [-0.15, -0.1) is 0 Å². The molecular weight excluding hydrogens is 345 g/mol. The molecule has 0 saturated heterocycles. The highest BCUT2D eigenvalue weighted by Crippen LogP contribution is 2.15. The molecule has 0 saturated carbocycles. The van der Waals surface area contributed by atoms with Crippen LogP contribution in [0.1, 0.15) is 142 Å². The third kappa shape index (κ3) is 27.3. The lowest BCUT2D eigenvalue weighted by molar-refractivity contribution is 0.562. The second kappa shape index (κ2) is 28.3. The van der Waals surface area contributed by atoms with Crippen molar-refractivity contribution in [3.05, 3.63) is 0 Å². The average molecular weight is 397 g/mol. The van der Waals surface area contributed by atoms with Crippen LogP contribution in [0.5, 0.6) is 0 Å². The summed E-state index contributed by atoms with van der Waals surface area (Å²) >= 11 is 2.21. The maximum atomic E-state index is 2.30. The van der Waals surface area contributed by atoms with E-state index in [-0.39, 0.29) is 23.1 Å². The van der Waals surface area contributed by atoms with E-state index in [1.807, 2.05) is 0 Å². The van der Waals surface area contributed by atoms with Crippen LogP contribution in [0.4, 0.5) is 0 Å². The van der Waals surface area contributed by atoms with E-state index in [2.05, 4.69) is 25.6 Å². The fourth-order valence-electron chi connectivity index (χ4n) is 3.49. The molecule has 0 spiro atoms. The molecule has 0 aromatic heterocycles. The summed E-state index contributed by atoms with van der Waals surface area (Å²) in [5.41, 5.74) is 0. The highest BCUT2D eigenvalue weighted by atomic mass is 32.2. The van der Waals surface area contributed by atoms with E-state index >= 15 is 0 Å². The van der Waals surface area contributed by atoms with Crippen molar-refractivity contribution < 1.29 is 0 Å². The van der Waals surface area contributed by atoms with Gasteiger partial charge >= 0.3 is 23.1 Å². The molecule has 26 heavy (non-hydrogen) atoms. The van der Waals surface area contributed by atoms with Crippen LogP contribution in [0, 0.1) is 0 Å². The van der Waals surface area contributed by atoms with E-state index in [1.54, 1.807) is 0 Å².